The van der Waals surface area contributed by atoms with Gasteiger partial charge < -0.3 is 0 Å². The Kier molecular flexibility index (Phi) is 6.62. The first-order valence-corrected chi connectivity index (χ1v) is 8.49. The third kappa shape index (κ3) is 5.69. The number of carbonyl (C=O) groups excluding carboxylic acids is 1. The van der Waals surface area contributed by atoms with Crippen LogP contribution in [0.5, 0.6) is 0 Å². The Bertz CT molecular complexity index is 684. The molecule has 23 heavy (non-hydrogen) atoms. The molecular formula is C17H16ClFN2OS. The molecule has 2 rings (SSSR count). The van der Waals surface area contributed by atoms with E-state index in [2.05, 4.69) is 10.5 Å². The maximum absolute atomic E-state index is 13.5. The van der Waals surface area contributed by atoms with E-state index in [1.807, 2.05) is 31.2 Å². The molecule has 0 aliphatic heterocycles. The molecule has 0 atom stereocenters. The van der Waals surface area contributed by atoms with E-state index >= 15 is 0 Å². The van der Waals surface area contributed by atoms with Crippen LogP contribution in [0, 0.1) is 12.7 Å². The predicted molar refractivity (Wildman–Crippen MR) is 94.5 cm³/mol. The molecule has 0 aliphatic carbocycles. The van der Waals surface area contributed by atoms with Crippen LogP contribution in [-0.2, 0) is 10.5 Å². The highest BCUT2D eigenvalue weighted by Gasteiger charge is 2.04. The second-order valence-corrected chi connectivity index (χ2v) is 6.30. The molecule has 0 heterocycles. The SMILES string of the molecule is Cc1ccc(CSCC(=O)N/N=C\c2c(F)cccc2Cl)cc1. The van der Waals surface area contributed by atoms with Gasteiger partial charge in [0.15, 0.2) is 0 Å². The summed E-state index contributed by atoms with van der Waals surface area (Å²) < 4.78 is 13.5. The zero-order valence-electron chi connectivity index (χ0n) is 12.6. The average Bonchev–Trinajstić information content (AvgIpc) is 2.52. The molecule has 0 saturated carbocycles. The van der Waals surface area contributed by atoms with Crippen molar-refractivity contribution in [3.63, 3.8) is 0 Å². The van der Waals surface area contributed by atoms with Crippen molar-refractivity contribution in [1.29, 1.82) is 0 Å². The van der Waals surface area contributed by atoms with E-state index in [1.54, 1.807) is 6.07 Å². The van der Waals surface area contributed by atoms with Crippen LogP contribution in [0.25, 0.3) is 0 Å². The fourth-order valence-electron chi connectivity index (χ4n) is 1.78. The highest BCUT2D eigenvalue weighted by molar-refractivity contribution is 7.99. The summed E-state index contributed by atoms with van der Waals surface area (Å²) in [6.45, 7) is 2.03. The van der Waals surface area contributed by atoms with Gasteiger partial charge in [-0.25, -0.2) is 9.82 Å². The van der Waals surface area contributed by atoms with Crippen LogP contribution in [0.1, 0.15) is 16.7 Å². The Morgan fingerprint density at radius 2 is 2.04 bits per heavy atom. The van der Waals surface area contributed by atoms with Crippen LogP contribution in [-0.4, -0.2) is 17.9 Å². The topological polar surface area (TPSA) is 41.5 Å². The first kappa shape index (κ1) is 17.5. The van der Waals surface area contributed by atoms with Gasteiger partial charge in [0.1, 0.15) is 5.82 Å². The molecule has 1 N–H and O–H groups in total. The van der Waals surface area contributed by atoms with Crippen molar-refractivity contribution < 1.29 is 9.18 Å². The molecule has 1 amide bonds. The molecule has 0 aliphatic rings. The zero-order valence-corrected chi connectivity index (χ0v) is 14.1. The number of nitrogens with one attached hydrogen (secondary N) is 1. The Labute approximate surface area is 143 Å². The number of thioether (sulfide) groups is 1. The molecule has 0 bridgehead atoms. The van der Waals surface area contributed by atoms with Crippen molar-refractivity contribution in [2.45, 2.75) is 12.7 Å². The summed E-state index contributed by atoms with van der Waals surface area (Å²) in [5.74, 6) is 0.294. The highest BCUT2D eigenvalue weighted by atomic mass is 35.5. The second kappa shape index (κ2) is 8.70. The van der Waals surface area contributed by atoms with Gasteiger partial charge in [0.2, 0.25) is 5.91 Å². The molecule has 0 saturated heterocycles. The third-order valence-corrected chi connectivity index (χ3v) is 4.34. The lowest BCUT2D eigenvalue weighted by molar-refractivity contribution is -0.118. The maximum Gasteiger partial charge on any atom is 0.250 e. The smallest absolute Gasteiger partial charge is 0.250 e. The van der Waals surface area contributed by atoms with Crippen LogP contribution in [0.2, 0.25) is 5.02 Å². The molecule has 2 aromatic rings. The Morgan fingerprint density at radius 1 is 1.30 bits per heavy atom. The summed E-state index contributed by atoms with van der Waals surface area (Å²) in [6, 6.07) is 12.5. The minimum atomic E-state index is -0.482. The normalized spacial score (nSPS) is 10.9. The summed E-state index contributed by atoms with van der Waals surface area (Å²) in [5.41, 5.74) is 4.89. The molecular weight excluding hydrogens is 335 g/mol. The number of hydrogen-bond donors (Lipinski definition) is 1. The molecule has 0 radical (unpaired) electrons. The molecule has 0 spiro atoms. The molecule has 6 heteroatoms. The molecule has 0 unspecified atom stereocenters. The first-order valence-electron chi connectivity index (χ1n) is 6.95. The van der Waals surface area contributed by atoms with Crippen LogP contribution in [0.4, 0.5) is 4.39 Å². The minimum Gasteiger partial charge on any atom is -0.272 e. The number of nitrogens with zero attached hydrogens (tertiary/aromatic N) is 1. The number of hydrogen-bond acceptors (Lipinski definition) is 3. The molecule has 0 aromatic heterocycles. The lowest BCUT2D eigenvalue weighted by Crippen LogP contribution is -2.19. The molecule has 3 nitrogen and oxygen atoms in total. The molecule has 2 aromatic carbocycles. The minimum absolute atomic E-state index is 0.154. The summed E-state index contributed by atoms with van der Waals surface area (Å²) in [4.78, 5) is 11.7. The van der Waals surface area contributed by atoms with Gasteiger partial charge in [-0.1, -0.05) is 47.5 Å². The fourth-order valence-corrected chi connectivity index (χ4v) is 2.77. The third-order valence-electron chi connectivity index (χ3n) is 3.01. The lowest BCUT2D eigenvalue weighted by atomic mass is 10.2. The van der Waals surface area contributed by atoms with E-state index in [4.69, 9.17) is 11.6 Å². The summed E-state index contributed by atoms with van der Waals surface area (Å²) in [7, 11) is 0. The number of benzene rings is 2. The summed E-state index contributed by atoms with van der Waals surface area (Å²) >= 11 is 7.35. The van der Waals surface area contributed by atoms with Crippen LogP contribution < -0.4 is 5.43 Å². The van der Waals surface area contributed by atoms with Gasteiger partial charge in [-0.15, -0.1) is 11.8 Å². The van der Waals surface area contributed by atoms with Gasteiger partial charge in [0.05, 0.1) is 17.0 Å². The maximum atomic E-state index is 13.5. The van der Waals surface area contributed by atoms with Gasteiger partial charge in [-0.2, -0.15) is 5.10 Å². The monoisotopic (exact) mass is 350 g/mol. The van der Waals surface area contributed by atoms with Crippen LogP contribution in [0.3, 0.4) is 0 Å². The standard InChI is InChI=1S/C17H16ClFN2OS/c1-12-5-7-13(8-6-12)10-23-11-17(22)21-20-9-14-15(18)3-2-4-16(14)19/h2-9H,10-11H2,1H3,(H,21,22)/b20-9-. The van der Waals surface area contributed by atoms with E-state index < -0.39 is 5.82 Å². The van der Waals surface area contributed by atoms with E-state index in [0.717, 1.165) is 11.3 Å². The fraction of sp³-hybridized carbons (Fsp3) is 0.176. The van der Waals surface area contributed by atoms with E-state index in [0.29, 0.717) is 0 Å². The second-order valence-electron chi connectivity index (χ2n) is 4.91. The van der Waals surface area contributed by atoms with E-state index in [1.165, 1.54) is 35.7 Å². The molecule has 120 valence electrons. The van der Waals surface area contributed by atoms with Gasteiger partial charge in [-0.05, 0) is 24.6 Å². The van der Waals surface area contributed by atoms with E-state index in [9.17, 15) is 9.18 Å². The van der Waals surface area contributed by atoms with Crippen LogP contribution >= 0.6 is 23.4 Å². The van der Waals surface area contributed by atoms with Crippen molar-refractivity contribution >= 4 is 35.5 Å². The van der Waals surface area contributed by atoms with Crippen molar-refractivity contribution in [3.8, 4) is 0 Å². The predicted octanol–water partition coefficient (Wildman–Crippen LogP) is 4.17. The van der Waals surface area contributed by atoms with E-state index in [-0.39, 0.29) is 22.2 Å². The van der Waals surface area contributed by atoms with Crippen LogP contribution in [0.15, 0.2) is 47.6 Å². The first-order chi connectivity index (χ1) is 11.1. The lowest BCUT2D eigenvalue weighted by Gasteiger charge is -2.02. The number of halogens is 2. The number of rotatable bonds is 6. The highest BCUT2D eigenvalue weighted by Crippen LogP contribution is 2.16. The summed E-state index contributed by atoms with van der Waals surface area (Å²) in [6.07, 6.45) is 1.21. The Morgan fingerprint density at radius 3 is 2.74 bits per heavy atom. The number of hydrazone groups is 1. The van der Waals surface area contributed by atoms with Crippen molar-refractivity contribution in [3.05, 3.63) is 70.0 Å². The number of carbonyl (C=O) groups is 1. The van der Waals surface area contributed by atoms with Gasteiger partial charge in [0.25, 0.3) is 0 Å². The van der Waals surface area contributed by atoms with Gasteiger partial charge >= 0.3 is 0 Å². The Balaban J connectivity index is 1.77. The number of aryl methyl sites for hydroxylation is 1. The van der Waals surface area contributed by atoms with Gasteiger partial charge in [-0.3, -0.25) is 4.79 Å². The zero-order chi connectivity index (χ0) is 16.7. The summed E-state index contributed by atoms with van der Waals surface area (Å²) in [5, 5.41) is 3.99. The van der Waals surface area contributed by atoms with Gasteiger partial charge in [0, 0.05) is 11.3 Å². The quantitative estimate of drug-likeness (QED) is 0.627. The van der Waals surface area contributed by atoms with Crippen molar-refractivity contribution in [2.75, 3.05) is 5.75 Å². The van der Waals surface area contributed by atoms with Crippen molar-refractivity contribution in [2.24, 2.45) is 5.10 Å². The van der Waals surface area contributed by atoms with Crippen molar-refractivity contribution in [1.82, 2.24) is 5.43 Å². The number of amides is 1. The largest absolute Gasteiger partial charge is 0.272 e. The molecule has 0 fully saturated rings. The average molecular weight is 351 g/mol. The Hall–Kier alpha value is -1.85.